The fraction of sp³-hybridized carbons (Fsp3) is 0. The first-order valence-corrected chi connectivity index (χ1v) is 7.12. The van der Waals surface area contributed by atoms with Gasteiger partial charge in [-0.1, -0.05) is 0 Å². The zero-order chi connectivity index (χ0) is 18.3. The minimum atomic E-state index is -0.234. The van der Waals surface area contributed by atoms with Gasteiger partial charge in [0.15, 0.2) is 11.2 Å². The van der Waals surface area contributed by atoms with Crippen LogP contribution in [0, 0.1) is 35.8 Å². The Morgan fingerprint density at radius 2 is 1.23 bits per heavy atom. The van der Waals surface area contributed by atoms with Gasteiger partial charge in [0, 0.05) is 10.8 Å². The van der Waals surface area contributed by atoms with E-state index in [1.54, 1.807) is 36.4 Å². The normalized spacial score (nSPS) is 12.9. The molecule has 0 N–H and O–H groups in total. The van der Waals surface area contributed by atoms with Gasteiger partial charge in [-0.05, 0) is 24.3 Å². The first kappa shape index (κ1) is 14.9. The van der Waals surface area contributed by atoms with Crippen LogP contribution < -0.4 is 11.1 Å². The molecule has 0 spiro atoms. The summed E-state index contributed by atoms with van der Waals surface area (Å²) in [6.45, 7) is 14.0. The highest BCUT2D eigenvalue weighted by Gasteiger charge is 2.14. The molecule has 0 aliphatic carbocycles. The Morgan fingerprint density at radius 3 is 1.58 bits per heavy atom. The molecular weight excluding hydrogens is 332 g/mol. The molecule has 8 heteroatoms. The minimum absolute atomic E-state index is 0.0449. The summed E-state index contributed by atoms with van der Waals surface area (Å²) in [7, 11) is 0. The van der Waals surface area contributed by atoms with Crippen LogP contribution in [0.25, 0.3) is 54.1 Å². The lowest BCUT2D eigenvalue weighted by molar-refractivity contribution is 0.559. The summed E-state index contributed by atoms with van der Waals surface area (Å²) >= 11 is 0. The summed E-state index contributed by atoms with van der Waals surface area (Å²) in [5.74, 6) is 0. The molecule has 0 bridgehead atoms. The fourth-order valence-corrected chi connectivity index (χ4v) is 2.62. The molecule has 8 nitrogen and oxygen atoms in total. The lowest BCUT2D eigenvalue weighted by Gasteiger charge is -1.97. The molecule has 26 heavy (non-hydrogen) atoms. The molecule has 2 aromatic heterocycles. The summed E-state index contributed by atoms with van der Waals surface area (Å²) in [6.07, 6.45) is 0. The molecule has 4 aromatic rings. The number of benzene rings is 2. The molecule has 0 radical (unpaired) electrons. The molecule has 2 heterocycles. The van der Waals surface area contributed by atoms with E-state index in [9.17, 15) is 0 Å². The van der Waals surface area contributed by atoms with Crippen molar-refractivity contribution < 1.29 is 8.83 Å². The highest BCUT2D eigenvalue weighted by atomic mass is 16.3. The Labute approximate surface area is 144 Å². The number of hydrogen-bond donors (Lipinski definition) is 0. The molecule has 0 saturated carbocycles. The number of nitriles is 2. The lowest BCUT2D eigenvalue weighted by atomic mass is 10.1. The highest BCUT2D eigenvalue weighted by molar-refractivity contribution is 6.12. The van der Waals surface area contributed by atoms with Crippen LogP contribution in [0.4, 0.5) is 0 Å². The SMILES string of the molecule is [C-]#[N+]/C(C#N)=c1/nc2ccc3c(ccc4n/c(=C(/C#N)[N+]#[C-])oc43)c2o1. The third kappa shape index (κ3) is 1.98. The van der Waals surface area contributed by atoms with Gasteiger partial charge in [0.25, 0.3) is 0 Å². The fourth-order valence-electron chi connectivity index (χ4n) is 2.62. The lowest BCUT2D eigenvalue weighted by Crippen LogP contribution is -2.02. The van der Waals surface area contributed by atoms with E-state index in [1.807, 2.05) is 0 Å². The second kappa shape index (κ2) is 5.46. The smallest absolute Gasteiger partial charge is 0.322 e. The van der Waals surface area contributed by atoms with Crippen molar-refractivity contribution in [2.24, 2.45) is 0 Å². The molecule has 0 fully saturated rings. The second-order valence-corrected chi connectivity index (χ2v) is 5.11. The van der Waals surface area contributed by atoms with E-state index >= 15 is 0 Å². The molecular formula is C18H4N6O2. The molecule has 0 atom stereocenters. The van der Waals surface area contributed by atoms with Crippen LogP contribution in [0.2, 0.25) is 0 Å². The molecule has 0 aliphatic heterocycles. The third-order valence-corrected chi connectivity index (χ3v) is 3.74. The van der Waals surface area contributed by atoms with Gasteiger partial charge in [-0.15, -0.1) is 0 Å². The zero-order valence-electron chi connectivity index (χ0n) is 12.8. The molecule has 2 aromatic carbocycles. The van der Waals surface area contributed by atoms with Gasteiger partial charge < -0.3 is 8.83 Å². The molecule has 0 aliphatic rings. The van der Waals surface area contributed by atoms with Crippen LogP contribution in [0.15, 0.2) is 33.1 Å². The number of rotatable bonds is 0. The minimum Gasteiger partial charge on any atom is -0.445 e. The number of fused-ring (bicyclic) bond motifs is 5. The van der Waals surface area contributed by atoms with E-state index in [1.165, 1.54) is 0 Å². The molecule has 0 amide bonds. The van der Waals surface area contributed by atoms with Gasteiger partial charge in [0.1, 0.15) is 11.0 Å². The van der Waals surface area contributed by atoms with Crippen molar-refractivity contribution in [3.63, 3.8) is 0 Å². The summed E-state index contributed by atoms with van der Waals surface area (Å²) in [5.41, 5.74) is 1.24. The topological polar surface area (TPSA) is 108 Å². The van der Waals surface area contributed by atoms with Crippen molar-refractivity contribution >= 4 is 44.4 Å². The Hall–Kier alpha value is -4.66. The van der Waals surface area contributed by atoms with E-state index in [0.29, 0.717) is 33.0 Å². The Bertz CT molecular complexity index is 1380. The van der Waals surface area contributed by atoms with Gasteiger partial charge >= 0.3 is 11.4 Å². The first-order valence-electron chi connectivity index (χ1n) is 7.12. The van der Waals surface area contributed by atoms with Crippen molar-refractivity contribution in [3.05, 3.63) is 58.2 Å². The molecule has 0 unspecified atom stereocenters. The Morgan fingerprint density at radius 1 is 0.808 bits per heavy atom. The predicted molar refractivity (Wildman–Crippen MR) is 89.6 cm³/mol. The van der Waals surface area contributed by atoms with Crippen molar-refractivity contribution in [1.82, 2.24) is 9.97 Å². The van der Waals surface area contributed by atoms with Gasteiger partial charge in [0.2, 0.25) is 11.1 Å². The number of hydrogen-bond acceptors (Lipinski definition) is 6. The summed E-state index contributed by atoms with van der Waals surface area (Å²) in [6, 6.07) is 10.3. The van der Waals surface area contributed by atoms with Gasteiger partial charge in [0.05, 0.1) is 25.3 Å². The average molecular weight is 336 g/mol. The standard InChI is InChI=1S/C18H4N6O2/c1-21-13(7-19)17-23-11-5-3-10-9(15(11)25-17)4-6-12-16(10)26-18(24-12)14(8-20)22-2/h3-6H/b17-13-,18-14+. The summed E-state index contributed by atoms with van der Waals surface area (Å²) in [4.78, 5) is 14.5. The van der Waals surface area contributed by atoms with Gasteiger partial charge in [-0.25, -0.2) is 30.2 Å². The maximum absolute atomic E-state index is 8.98. The Balaban J connectivity index is 2.17. The average Bonchev–Trinajstić information content (AvgIpc) is 3.27. The van der Waals surface area contributed by atoms with Crippen molar-refractivity contribution in [1.29, 1.82) is 10.5 Å². The Kier molecular flexibility index (Phi) is 3.13. The maximum Gasteiger partial charge on any atom is 0.322 e. The number of aromatic nitrogens is 2. The summed E-state index contributed by atoms with van der Waals surface area (Å²) in [5, 5.41) is 19.3. The van der Waals surface area contributed by atoms with Crippen LogP contribution >= 0.6 is 0 Å². The van der Waals surface area contributed by atoms with Gasteiger partial charge in [-0.3, -0.25) is 0 Å². The van der Waals surface area contributed by atoms with E-state index in [4.69, 9.17) is 32.5 Å². The van der Waals surface area contributed by atoms with Crippen molar-refractivity contribution in [2.45, 2.75) is 0 Å². The van der Waals surface area contributed by atoms with Crippen LogP contribution in [-0.4, -0.2) is 9.97 Å². The van der Waals surface area contributed by atoms with Gasteiger partial charge in [-0.2, -0.15) is 0 Å². The zero-order valence-corrected chi connectivity index (χ0v) is 12.8. The largest absolute Gasteiger partial charge is 0.445 e. The highest BCUT2D eigenvalue weighted by Crippen LogP contribution is 2.29. The van der Waals surface area contributed by atoms with Crippen molar-refractivity contribution in [2.75, 3.05) is 0 Å². The first-order chi connectivity index (χ1) is 12.7. The molecule has 118 valence electrons. The summed E-state index contributed by atoms with van der Waals surface area (Å²) < 4.78 is 11.2. The number of oxazole rings is 2. The molecule has 0 saturated heterocycles. The monoisotopic (exact) mass is 336 g/mol. The number of nitrogens with zero attached hydrogens (tertiary/aromatic N) is 6. The second-order valence-electron chi connectivity index (χ2n) is 5.11. The van der Waals surface area contributed by atoms with E-state index in [0.717, 1.165) is 0 Å². The third-order valence-electron chi connectivity index (χ3n) is 3.74. The van der Waals surface area contributed by atoms with Crippen molar-refractivity contribution in [3.8, 4) is 12.1 Å². The quantitative estimate of drug-likeness (QED) is 0.456. The van der Waals surface area contributed by atoms with E-state index in [2.05, 4.69) is 19.7 Å². The van der Waals surface area contributed by atoms with Crippen LogP contribution in [0.1, 0.15) is 0 Å². The predicted octanol–water partition coefficient (Wildman–Crippen LogP) is 2.22. The van der Waals surface area contributed by atoms with E-state index in [-0.39, 0.29) is 22.5 Å². The van der Waals surface area contributed by atoms with E-state index < -0.39 is 0 Å². The molecule has 4 rings (SSSR count). The van der Waals surface area contributed by atoms with Crippen LogP contribution in [-0.2, 0) is 0 Å². The van der Waals surface area contributed by atoms with Crippen LogP contribution in [0.5, 0.6) is 0 Å². The maximum atomic E-state index is 8.98. The van der Waals surface area contributed by atoms with Crippen LogP contribution in [0.3, 0.4) is 0 Å².